The normalized spacial score (nSPS) is 14.3. The Kier molecular flexibility index (Phi) is 7.33. The number of carbonyl (C=O) groups is 2. The summed E-state index contributed by atoms with van der Waals surface area (Å²) in [5.74, 6) is -0.0322. The predicted molar refractivity (Wildman–Crippen MR) is 121 cm³/mol. The van der Waals surface area contributed by atoms with Gasteiger partial charge in [0.15, 0.2) is 0 Å². The van der Waals surface area contributed by atoms with Crippen LogP contribution in [0.4, 0.5) is 11.4 Å². The second-order valence-electron chi connectivity index (χ2n) is 7.05. The highest BCUT2D eigenvalue weighted by atomic mass is 79.9. The van der Waals surface area contributed by atoms with E-state index in [-0.39, 0.29) is 5.91 Å². The third-order valence-corrected chi connectivity index (χ3v) is 5.62. The summed E-state index contributed by atoms with van der Waals surface area (Å²) in [6.45, 7) is 5.98. The number of methoxy groups -OCH3 is 1. The van der Waals surface area contributed by atoms with Crippen molar-refractivity contribution in [1.29, 1.82) is 0 Å². The maximum atomic E-state index is 13.0. The SMILES string of the molecule is CCOc1ccc(C(=O)Nc2cc(C(=O)OC)ccc2N2CCN(C)CC2)cc1Br. The topological polar surface area (TPSA) is 71.1 Å². The summed E-state index contributed by atoms with van der Waals surface area (Å²) < 4.78 is 11.1. The summed E-state index contributed by atoms with van der Waals surface area (Å²) in [5, 5.41) is 2.97. The second-order valence-corrected chi connectivity index (χ2v) is 7.90. The number of likely N-dealkylation sites (N-methyl/N-ethyl adjacent to an activating group) is 1. The number of benzene rings is 2. The van der Waals surface area contributed by atoms with Gasteiger partial charge in [0.2, 0.25) is 0 Å². The number of piperazine rings is 1. The van der Waals surface area contributed by atoms with E-state index in [4.69, 9.17) is 9.47 Å². The number of hydrogen-bond donors (Lipinski definition) is 1. The molecule has 0 spiro atoms. The molecule has 0 bridgehead atoms. The molecule has 1 saturated heterocycles. The number of nitrogens with zero attached hydrogens (tertiary/aromatic N) is 2. The Hall–Kier alpha value is -2.58. The van der Waals surface area contributed by atoms with Crippen LogP contribution >= 0.6 is 15.9 Å². The zero-order valence-electron chi connectivity index (χ0n) is 17.4. The van der Waals surface area contributed by atoms with E-state index in [2.05, 4.69) is 38.1 Å². The molecule has 0 radical (unpaired) electrons. The Morgan fingerprint density at radius 2 is 1.77 bits per heavy atom. The molecule has 1 fully saturated rings. The minimum absolute atomic E-state index is 0.267. The van der Waals surface area contributed by atoms with Crippen molar-refractivity contribution in [3.8, 4) is 5.75 Å². The number of carbonyl (C=O) groups excluding carboxylic acids is 2. The maximum Gasteiger partial charge on any atom is 0.337 e. The summed E-state index contributed by atoms with van der Waals surface area (Å²) in [7, 11) is 3.43. The Morgan fingerprint density at radius 3 is 2.40 bits per heavy atom. The first-order valence-corrected chi connectivity index (χ1v) is 10.6. The van der Waals surface area contributed by atoms with Crippen LogP contribution in [0.2, 0.25) is 0 Å². The maximum absolute atomic E-state index is 13.0. The van der Waals surface area contributed by atoms with Crippen molar-refractivity contribution in [1.82, 2.24) is 4.90 Å². The molecule has 2 aromatic carbocycles. The van der Waals surface area contributed by atoms with Crippen molar-refractivity contribution in [3.05, 3.63) is 52.0 Å². The summed E-state index contributed by atoms with van der Waals surface area (Å²) in [5.41, 5.74) is 2.34. The zero-order valence-corrected chi connectivity index (χ0v) is 19.0. The summed E-state index contributed by atoms with van der Waals surface area (Å²) in [4.78, 5) is 29.4. The lowest BCUT2D eigenvalue weighted by Crippen LogP contribution is -2.44. The molecule has 8 heteroatoms. The number of amides is 1. The van der Waals surface area contributed by atoms with Crippen LogP contribution in [0.15, 0.2) is 40.9 Å². The van der Waals surface area contributed by atoms with Crippen molar-refractivity contribution < 1.29 is 19.1 Å². The standard InChI is InChI=1S/C22H26BrN3O4/c1-4-30-20-8-6-15(13-17(20)23)21(27)24-18-14-16(22(28)29-3)5-7-19(18)26-11-9-25(2)10-12-26/h5-8,13-14H,4,9-12H2,1-3H3,(H,24,27). The lowest BCUT2D eigenvalue weighted by molar-refractivity contribution is 0.0600. The molecule has 0 aromatic heterocycles. The van der Waals surface area contributed by atoms with Gasteiger partial charge in [-0.25, -0.2) is 4.79 Å². The van der Waals surface area contributed by atoms with Crippen molar-refractivity contribution in [2.45, 2.75) is 6.92 Å². The van der Waals surface area contributed by atoms with E-state index in [0.717, 1.165) is 31.9 Å². The number of nitrogens with one attached hydrogen (secondary N) is 1. The number of esters is 1. The van der Waals surface area contributed by atoms with Gasteiger partial charge in [-0.05, 0) is 66.3 Å². The molecule has 1 N–H and O–H groups in total. The van der Waals surface area contributed by atoms with E-state index in [1.165, 1.54) is 7.11 Å². The number of ether oxygens (including phenoxy) is 2. The molecule has 0 atom stereocenters. The van der Waals surface area contributed by atoms with Crippen LogP contribution in [-0.4, -0.2) is 63.7 Å². The van der Waals surface area contributed by atoms with Gasteiger partial charge in [0.05, 0.1) is 35.1 Å². The first-order chi connectivity index (χ1) is 14.4. The van der Waals surface area contributed by atoms with E-state index >= 15 is 0 Å². The third-order valence-electron chi connectivity index (χ3n) is 5.00. The Bertz CT molecular complexity index is 927. The monoisotopic (exact) mass is 475 g/mol. The average molecular weight is 476 g/mol. The van der Waals surface area contributed by atoms with E-state index in [1.54, 1.807) is 30.3 Å². The molecule has 0 saturated carbocycles. The molecule has 2 aromatic rings. The Morgan fingerprint density at radius 1 is 1.07 bits per heavy atom. The molecule has 1 aliphatic rings. The van der Waals surface area contributed by atoms with Gasteiger partial charge in [-0.2, -0.15) is 0 Å². The van der Waals surface area contributed by atoms with Gasteiger partial charge in [0, 0.05) is 31.7 Å². The van der Waals surface area contributed by atoms with Gasteiger partial charge in [0.25, 0.3) is 5.91 Å². The van der Waals surface area contributed by atoms with Crippen molar-refractivity contribution in [2.75, 3.05) is 57.2 Å². The van der Waals surface area contributed by atoms with Gasteiger partial charge in [-0.15, -0.1) is 0 Å². The summed E-state index contributed by atoms with van der Waals surface area (Å²) in [6, 6.07) is 10.4. The molecular weight excluding hydrogens is 450 g/mol. The van der Waals surface area contributed by atoms with Crippen molar-refractivity contribution in [3.63, 3.8) is 0 Å². The molecule has 30 heavy (non-hydrogen) atoms. The number of halogens is 1. The number of rotatable bonds is 6. The molecule has 7 nitrogen and oxygen atoms in total. The Labute approximate surface area is 185 Å². The first-order valence-electron chi connectivity index (χ1n) is 9.82. The zero-order chi connectivity index (χ0) is 21.7. The molecule has 0 unspecified atom stereocenters. The fourth-order valence-electron chi connectivity index (χ4n) is 3.31. The fourth-order valence-corrected chi connectivity index (χ4v) is 3.81. The van der Waals surface area contributed by atoms with E-state index in [9.17, 15) is 9.59 Å². The van der Waals surface area contributed by atoms with Crippen LogP contribution in [0, 0.1) is 0 Å². The highest BCUT2D eigenvalue weighted by molar-refractivity contribution is 9.10. The lowest BCUT2D eigenvalue weighted by Gasteiger charge is -2.35. The van der Waals surface area contributed by atoms with Crippen molar-refractivity contribution >= 4 is 39.2 Å². The van der Waals surface area contributed by atoms with E-state index in [1.807, 2.05) is 13.0 Å². The first kappa shape index (κ1) is 22.1. The van der Waals surface area contributed by atoms with Crippen LogP contribution in [-0.2, 0) is 4.74 Å². The number of hydrogen-bond acceptors (Lipinski definition) is 6. The van der Waals surface area contributed by atoms with Gasteiger partial charge < -0.3 is 24.6 Å². The van der Waals surface area contributed by atoms with Gasteiger partial charge in [-0.3, -0.25) is 4.79 Å². The van der Waals surface area contributed by atoms with Gasteiger partial charge in [-0.1, -0.05) is 0 Å². The highest BCUT2D eigenvalue weighted by Gasteiger charge is 2.20. The molecule has 1 amide bonds. The third kappa shape index (κ3) is 5.12. The molecule has 3 rings (SSSR count). The second kappa shape index (κ2) is 9.95. The van der Waals surface area contributed by atoms with Crippen LogP contribution in [0.25, 0.3) is 0 Å². The predicted octanol–water partition coefficient (Wildman–Crippen LogP) is 3.64. The average Bonchev–Trinajstić information content (AvgIpc) is 2.75. The van der Waals surface area contributed by atoms with Crippen LogP contribution in [0.1, 0.15) is 27.6 Å². The Balaban J connectivity index is 1.89. The molecule has 1 heterocycles. The fraction of sp³-hybridized carbons (Fsp3) is 0.364. The summed E-state index contributed by atoms with van der Waals surface area (Å²) in [6.07, 6.45) is 0. The molecule has 0 aliphatic carbocycles. The molecular formula is C22H26BrN3O4. The highest BCUT2D eigenvalue weighted by Crippen LogP contribution is 2.30. The minimum atomic E-state index is -0.445. The quantitative estimate of drug-likeness (QED) is 0.643. The van der Waals surface area contributed by atoms with E-state index < -0.39 is 5.97 Å². The molecule has 160 valence electrons. The summed E-state index contributed by atoms with van der Waals surface area (Å²) >= 11 is 3.45. The minimum Gasteiger partial charge on any atom is -0.493 e. The molecule has 1 aliphatic heterocycles. The van der Waals surface area contributed by atoms with Crippen LogP contribution < -0.4 is 15.0 Å². The largest absolute Gasteiger partial charge is 0.493 e. The smallest absolute Gasteiger partial charge is 0.337 e. The van der Waals surface area contributed by atoms with Crippen LogP contribution in [0.3, 0.4) is 0 Å². The van der Waals surface area contributed by atoms with Gasteiger partial charge >= 0.3 is 5.97 Å². The number of anilines is 2. The van der Waals surface area contributed by atoms with Crippen LogP contribution in [0.5, 0.6) is 5.75 Å². The van der Waals surface area contributed by atoms with Crippen molar-refractivity contribution in [2.24, 2.45) is 0 Å². The lowest BCUT2D eigenvalue weighted by atomic mass is 10.1. The van der Waals surface area contributed by atoms with Gasteiger partial charge in [0.1, 0.15) is 5.75 Å². The van der Waals surface area contributed by atoms with E-state index in [0.29, 0.717) is 33.6 Å².